The number of nitrogens with zero attached hydrogens (tertiary/aromatic N) is 1. The van der Waals surface area contributed by atoms with Crippen molar-refractivity contribution < 1.29 is 29.2 Å². The first-order valence-corrected chi connectivity index (χ1v) is 11.7. The van der Waals surface area contributed by atoms with Gasteiger partial charge in [0.2, 0.25) is 0 Å². The van der Waals surface area contributed by atoms with E-state index in [0.29, 0.717) is 50.5 Å². The van der Waals surface area contributed by atoms with Gasteiger partial charge in [-0.2, -0.15) is 4.65 Å². The molecule has 2 aliphatic heterocycles. The van der Waals surface area contributed by atoms with Crippen molar-refractivity contribution in [2.24, 2.45) is 5.92 Å². The van der Waals surface area contributed by atoms with Crippen molar-refractivity contribution in [2.75, 3.05) is 19.7 Å². The molecule has 2 bridgehead atoms. The van der Waals surface area contributed by atoms with Crippen LogP contribution in [0, 0.1) is 5.92 Å². The molecule has 3 fully saturated rings. The number of Topliss-reactive ketones (excluding diaryl/α,β-unsaturated/α-hetero) is 1. The van der Waals surface area contributed by atoms with Gasteiger partial charge in [0, 0.05) is 37.4 Å². The maximum absolute atomic E-state index is 13.1. The van der Waals surface area contributed by atoms with E-state index in [2.05, 4.69) is 6.92 Å². The smallest absolute Gasteiger partial charge is 0.174 e. The number of quaternary nitrogens is 1. The third kappa shape index (κ3) is 2.22. The van der Waals surface area contributed by atoms with Gasteiger partial charge in [-0.05, 0) is 37.3 Å². The third-order valence-electron chi connectivity index (χ3n) is 8.70. The Labute approximate surface area is 177 Å². The standard InChI is InChI=1S/C24H31NO5/c1-2-3-12-29-24-9-8-18(27)22-23(24)10-11-25(28,14-15-4-5-15)19(24)13-16-6-7-17(26)21(30-22)20(16)23/h6-7,15,19,22,28H,2-5,8-14H2,1H3/p+1/t19-,22+,23+,24-,25?/m1/s1. The highest BCUT2D eigenvalue weighted by molar-refractivity contribution is 5.90. The van der Waals surface area contributed by atoms with Crippen LogP contribution in [0.2, 0.25) is 0 Å². The van der Waals surface area contributed by atoms with E-state index >= 15 is 0 Å². The SMILES string of the molecule is CCCCO[C@@]12CCC(=O)[C@@H]3Oc4c(O)ccc5c4[C@@]31CC[N+](O)(CC1CC1)[C@@H]2C5. The second-order valence-electron chi connectivity index (χ2n) is 10.3. The minimum absolute atomic E-state index is 0.0507. The molecule has 30 heavy (non-hydrogen) atoms. The zero-order chi connectivity index (χ0) is 20.7. The van der Waals surface area contributed by atoms with Crippen LogP contribution in [-0.4, -0.2) is 58.2 Å². The van der Waals surface area contributed by atoms with Crippen molar-refractivity contribution in [3.05, 3.63) is 23.3 Å². The normalized spacial score (nSPS) is 40.8. The van der Waals surface area contributed by atoms with Gasteiger partial charge in [0.1, 0.15) is 18.7 Å². The fourth-order valence-electron chi connectivity index (χ4n) is 7.23. The Balaban J connectivity index is 1.57. The van der Waals surface area contributed by atoms with E-state index in [1.165, 1.54) is 12.8 Å². The number of piperidine rings is 1. The maximum Gasteiger partial charge on any atom is 0.174 e. The molecular weight excluding hydrogens is 382 g/mol. The number of benzene rings is 1. The number of ether oxygens (including phenoxy) is 2. The summed E-state index contributed by atoms with van der Waals surface area (Å²) in [5, 5.41) is 22.6. The lowest BCUT2D eigenvalue weighted by molar-refractivity contribution is -1.13. The van der Waals surface area contributed by atoms with E-state index in [0.717, 1.165) is 30.5 Å². The Kier molecular flexibility index (Phi) is 3.95. The molecule has 5 aliphatic rings. The Morgan fingerprint density at radius 1 is 1.30 bits per heavy atom. The Morgan fingerprint density at radius 3 is 2.90 bits per heavy atom. The molecule has 6 rings (SSSR count). The first-order valence-electron chi connectivity index (χ1n) is 11.7. The van der Waals surface area contributed by atoms with Crippen molar-refractivity contribution in [2.45, 2.75) is 81.5 Å². The fourth-order valence-corrected chi connectivity index (χ4v) is 7.23. The number of carbonyl (C=O) groups excluding carboxylic acids is 1. The lowest BCUT2D eigenvalue weighted by Gasteiger charge is -2.64. The molecule has 1 spiro atoms. The lowest BCUT2D eigenvalue weighted by Crippen LogP contribution is -2.81. The van der Waals surface area contributed by atoms with Gasteiger partial charge in [0.25, 0.3) is 0 Å². The van der Waals surface area contributed by atoms with Gasteiger partial charge in [-0.1, -0.05) is 19.4 Å². The molecule has 1 aromatic carbocycles. The molecule has 1 aromatic rings. The Bertz CT molecular complexity index is 913. The number of rotatable bonds is 6. The molecule has 2 saturated carbocycles. The largest absolute Gasteiger partial charge is 0.504 e. The summed E-state index contributed by atoms with van der Waals surface area (Å²) in [4.78, 5) is 13.1. The topological polar surface area (TPSA) is 76.0 Å². The summed E-state index contributed by atoms with van der Waals surface area (Å²) in [6, 6.07) is 3.54. The molecule has 0 amide bonds. The summed E-state index contributed by atoms with van der Waals surface area (Å²) in [6.45, 7) is 4.17. The zero-order valence-electron chi connectivity index (χ0n) is 17.7. The summed E-state index contributed by atoms with van der Waals surface area (Å²) in [7, 11) is 0. The maximum atomic E-state index is 13.1. The second-order valence-corrected chi connectivity index (χ2v) is 10.3. The average Bonchev–Trinajstić information content (AvgIpc) is 3.45. The van der Waals surface area contributed by atoms with Crippen molar-refractivity contribution in [3.8, 4) is 11.5 Å². The number of hydroxylamine groups is 3. The van der Waals surface area contributed by atoms with E-state index in [9.17, 15) is 15.1 Å². The third-order valence-corrected chi connectivity index (χ3v) is 8.70. The number of unbranched alkanes of at least 4 members (excludes halogenated alkanes) is 1. The van der Waals surface area contributed by atoms with Gasteiger partial charge in [-0.25, -0.2) is 5.21 Å². The molecule has 5 atom stereocenters. The van der Waals surface area contributed by atoms with E-state index < -0.39 is 17.1 Å². The number of phenols is 1. The first kappa shape index (κ1) is 19.1. The number of hydrogen-bond donors (Lipinski definition) is 2. The lowest BCUT2D eigenvalue weighted by atomic mass is 9.48. The summed E-state index contributed by atoms with van der Waals surface area (Å²) < 4.78 is 13.1. The number of carbonyl (C=O) groups is 1. The predicted molar refractivity (Wildman–Crippen MR) is 109 cm³/mol. The van der Waals surface area contributed by atoms with Crippen LogP contribution in [0.4, 0.5) is 0 Å². The van der Waals surface area contributed by atoms with Crippen molar-refractivity contribution in [1.29, 1.82) is 0 Å². The van der Waals surface area contributed by atoms with Crippen molar-refractivity contribution >= 4 is 5.78 Å². The highest BCUT2D eigenvalue weighted by Gasteiger charge is 2.78. The Morgan fingerprint density at radius 2 is 2.13 bits per heavy atom. The highest BCUT2D eigenvalue weighted by atomic mass is 16.6. The van der Waals surface area contributed by atoms with Crippen LogP contribution >= 0.6 is 0 Å². The first-order chi connectivity index (χ1) is 14.5. The van der Waals surface area contributed by atoms with Crippen LogP contribution in [0.3, 0.4) is 0 Å². The van der Waals surface area contributed by atoms with Gasteiger partial charge in [-0.15, -0.1) is 0 Å². The summed E-state index contributed by atoms with van der Waals surface area (Å²) >= 11 is 0. The van der Waals surface area contributed by atoms with Crippen LogP contribution in [0.1, 0.15) is 63.0 Å². The molecule has 0 radical (unpaired) electrons. The number of ketones is 1. The van der Waals surface area contributed by atoms with E-state index in [-0.39, 0.29) is 22.2 Å². The Hall–Kier alpha value is -1.63. The van der Waals surface area contributed by atoms with Gasteiger partial charge >= 0.3 is 0 Å². The predicted octanol–water partition coefficient (Wildman–Crippen LogP) is 3.25. The molecule has 0 aromatic heterocycles. The number of likely N-dealkylation sites (tertiary alicyclic amines) is 1. The van der Waals surface area contributed by atoms with Crippen LogP contribution in [0.5, 0.6) is 11.5 Å². The minimum Gasteiger partial charge on any atom is -0.504 e. The summed E-state index contributed by atoms with van der Waals surface area (Å²) in [6.07, 6.45) is 6.15. The number of aromatic hydroxyl groups is 1. The van der Waals surface area contributed by atoms with Crippen LogP contribution < -0.4 is 4.74 Å². The number of hydrogen-bond acceptors (Lipinski definition) is 5. The molecular formula is C24H32NO5+. The van der Waals surface area contributed by atoms with E-state index in [4.69, 9.17) is 9.47 Å². The van der Waals surface area contributed by atoms with Gasteiger partial charge in [-0.3, -0.25) is 4.79 Å². The van der Waals surface area contributed by atoms with Crippen molar-refractivity contribution in [1.82, 2.24) is 0 Å². The minimum atomic E-state index is -0.630. The van der Waals surface area contributed by atoms with Crippen LogP contribution in [0.15, 0.2) is 12.1 Å². The summed E-state index contributed by atoms with van der Waals surface area (Å²) in [5.74, 6) is 1.29. The molecule has 1 saturated heterocycles. The molecule has 2 heterocycles. The summed E-state index contributed by atoms with van der Waals surface area (Å²) in [5.41, 5.74) is 0.864. The molecule has 162 valence electrons. The molecule has 3 aliphatic carbocycles. The van der Waals surface area contributed by atoms with Crippen LogP contribution in [-0.2, 0) is 21.4 Å². The molecule has 2 N–H and O–H groups in total. The fraction of sp³-hybridized carbons (Fsp3) is 0.708. The van der Waals surface area contributed by atoms with Gasteiger partial charge < -0.3 is 14.6 Å². The van der Waals surface area contributed by atoms with Gasteiger partial charge in [0.05, 0.1) is 5.41 Å². The van der Waals surface area contributed by atoms with E-state index in [1.807, 2.05) is 6.07 Å². The quantitative estimate of drug-likeness (QED) is 0.552. The molecule has 6 nitrogen and oxygen atoms in total. The number of phenolic OH excluding ortho intramolecular Hbond substituents is 1. The average molecular weight is 415 g/mol. The zero-order valence-corrected chi connectivity index (χ0v) is 17.7. The van der Waals surface area contributed by atoms with Crippen molar-refractivity contribution in [3.63, 3.8) is 0 Å². The highest BCUT2D eigenvalue weighted by Crippen LogP contribution is 2.67. The molecule has 1 unspecified atom stereocenters. The molecule has 6 heteroatoms. The van der Waals surface area contributed by atoms with E-state index in [1.54, 1.807) is 6.07 Å². The van der Waals surface area contributed by atoms with Gasteiger partial charge in [0.15, 0.2) is 29.4 Å². The second kappa shape index (κ2) is 6.21. The van der Waals surface area contributed by atoms with Crippen LogP contribution in [0.25, 0.3) is 0 Å². The monoisotopic (exact) mass is 414 g/mol.